The summed E-state index contributed by atoms with van der Waals surface area (Å²) in [4.78, 5) is 13.9. The summed E-state index contributed by atoms with van der Waals surface area (Å²) in [6, 6.07) is 0.0127. The normalized spacial score (nSPS) is 21.4. The third-order valence-corrected chi connectivity index (χ3v) is 2.36. The van der Waals surface area contributed by atoms with Crippen molar-refractivity contribution in [1.29, 1.82) is 0 Å². The average Bonchev–Trinajstić information content (AvgIpc) is 2.60. The minimum atomic E-state index is -0.329. The minimum Gasteiger partial charge on any atom is -0.447 e. The molecular formula is C9H12N2O2. The molecule has 70 valence electrons. The van der Waals surface area contributed by atoms with Crippen molar-refractivity contribution in [3.8, 4) is 0 Å². The summed E-state index contributed by atoms with van der Waals surface area (Å²) < 4.78 is 4.84. The van der Waals surface area contributed by atoms with Gasteiger partial charge in [0.25, 0.3) is 0 Å². The van der Waals surface area contributed by atoms with Crippen LogP contribution in [0.1, 0.15) is 22.9 Å². The maximum Gasteiger partial charge on any atom is 0.407 e. The molecule has 1 saturated heterocycles. The lowest BCUT2D eigenvalue weighted by Gasteiger charge is -2.07. The van der Waals surface area contributed by atoms with Crippen LogP contribution in [0.2, 0.25) is 0 Å². The lowest BCUT2D eigenvalue weighted by Crippen LogP contribution is -2.19. The Morgan fingerprint density at radius 2 is 2.31 bits per heavy atom. The zero-order valence-corrected chi connectivity index (χ0v) is 7.68. The molecule has 2 rings (SSSR count). The standard InChI is InChI=1S/C9H12N2O2/c1-5-3-10-6(2)8(5)7-4-13-9(12)11-7/h3,7,10H,4H2,1-2H3,(H,11,12). The van der Waals surface area contributed by atoms with Crippen LogP contribution in [0, 0.1) is 13.8 Å². The number of alkyl carbamates (subject to hydrolysis) is 1. The molecule has 1 aromatic rings. The predicted molar refractivity (Wildman–Crippen MR) is 47.5 cm³/mol. The van der Waals surface area contributed by atoms with Gasteiger partial charge >= 0.3 is 6.09 Å². The van der Waals surface area contributed by atoms with Gasteiger partial charge in [-0.1, -0.05) is 0 Å². The van der Waals surface area contributed by atoms with Gasteiger partial charge in [-0.05, 0) is 19.4 Å². The molecule has 1 fully saturated rings. The number of aromatic amines is 1. The number of hydrogen-bond donors (Lipinski definition) is 2. The zero-order chi connectivity index (χ0) is 9.42. The number of rotatable bonds is 1. The third-order valence-electron chi connectivity index (χ3n) is 2.36. The highest BCUT2D eigenvalue weighted by Crippen LogP contribution is 2.24. The van der Waals surface area contributed by atoms with Crippen molar-refractivity contribution in [2.45, 2.75) is 19.9 Å². The molecule has 4 heteroatoms. The molecule has 0 aliphatic carbocycles. The monoisotopic (exact) mass is 180 g/mol. The van der Waals surface area contributed by atoms with Crippen molar-refractivity contribution in [2.75, 3.05) is 6.61 Å². The van der Waals surface area contributed by atoms with Crippen molar-refractivity contribution in [3.05, 3.63) is 23.0 Å². The largest absolute Gasteiger partial charge is 0.447 e. The number of aromatic nitrogens is 1. The summed E-state index contributed by atoms with van der Waals surface area (Å²) in [5, 5.41) is 2.76. The third kappa shape index (κ3) is 1.28. The molecule has 1 unspecified atom stereocenters. The molecule has 0 bridgehead atoms. The molecule has 1 amide bonds. The molecule has 0 saturated carbocycles. The number of hydrogen-bond acceptors (Lipinski definition) is 2. The molecule has 1 aliphatic rings. The van der Waals surface area contributed by atoms with E-state index >= 15 is 0 Å². The van der Waals surface area contributed by atoms with E-state index in [1.807, 2.05) is 20.0 Å². The second-order valence-electron chi connectivity index (χ2n) is 3.31. The van der Waals surface area contributed by atoms with Gasteiger partial charge in [0.05, 0.1) is 6.04 Å². The summed E-state index contributed by atoms with van der Waals surface area (Å²) in [7, 11) is 0. The highest BCUT2D eigenvalue weighted by atomic mass is 16.6. The summed E-state index contributed by atoms with van der Waals surface area (Å²) in [5.74, 6) is 0. The molecule has 2 heterocycles. The molecule has 0 aromatic carbocycles. The predicted octanol–water partition coefficient (Wildman–Crippen LogP) is 1.41. The topological polar surface area (TPSA) is 54.1 Å². The van der Waals surface area contributed by atoms with Crippen LogP contribution in [0.25, 0.3) is 0 Å². The van der Waals surface area contributed by atoms with Gasteiger partial charge in [-0.2, -0.15) is 0 Å². The van der Waals surface area contributed by atoms with Crippen LogP contribution in [0.5, 0.6) is 0 Å². The smallest absolute Gasteiger partial charge is 0.407 e. The van der Waals surface area contributed by atoms with Crippen LogP contribution < -0.4 is 5.32 Å². The number of aryl methyl sites for hydroxylation is 2. The highest BCUT2D eigenvalue weighted by molar-refractivity contribution is 5.70. The number of ether oxygens (including phenoxy) is 1. The lowest BCUT2D eigenvalue weighted by molar-refractivity contribution is 0.177. The van der Waals surface area contributed by atoms with E-state index in [-0.39, 0.29) is 12.1 Å². The second-order valence-corrected chi connectivity index (χ2v) is 3.31. The summed E-state index contributed by atoms with van der Waals surface area (Å²) in [5.41, 5.74) is 3.40. The van der Waals surface area contributed by atoms with Gasteiger partial charge in [0.1, 0.15) is 6.61 Å². The molecule has 4 nitrogen and oxygen atoms in total. The summed E-state index contributed by atoms with van der Waals surface area (Å²) in [6.07, 6.45) is 1.61. The quantitative estimate of drug-likeness (QED) is 0.686. The lowest BCUT2D eigenvalue weighted by atomic mass is 10.1. The first kappa shape index (κ1) is 8.16. The van der Waals surface area contributed by atoms with Crippen LogP contribution >= 0.6 is 0 Å². The van der Waals surface area contributed by atoms with E-state index in [1.54, 1.807) is 0 Å². The molecular weight excluding hydrogens is 168 g/mol. The Balaban J connectivity index is 2.30. The first-order valence-corrected chi connectivity index (χ1v) is 4.26. The fourth-order valence-corrected chi connectivity index (χ4v) is 1.74. The van der Waals surface area contributed by atoms with Gasteiger partial charge in [-0.25, -0.2) is 4.79 Å². The average molecular weight is 180 g/mol. The van der Waals surface area contributed by atoms with E-state index in [1.165, 1.54) is 0 Å². The van der Waals surface area contributed by atoms with Gasteiger partial charge < -0.3 is 15.0 Å². The second kappa shape index (κ2) is 2.80. The van der Waals surface area contributed by atoms with Crippen molar-refractivity contribution in [2.24, 2.45) is 0 Å². The molecule has 13 heavy (non-hydrogen) atoms. The van der Waals surface area contributed by atoms with E-state index in [0.29, 0.717) is 6.61 Å². The SMILES string of the molecule is Cc1c[nH]c(C)c1C1COC(=O)N1. The van der Waals surface area contributed by atoms with Crippen LogP contribution in [0.3, 0.4) is 0 Å². The Kier molecular flexibility index (Phi) is 1.76. The van der Waals surface area contributed by atoms with Gasteiger partial charge in [-0.3, -0.25) is 0 Å². The van der Waals surface area contributed by atoms with E-state index < -0.39 is 0 Å². The van der Waals surface area contributed by atoms with Gasteiger partial charge in [0.2, 0.25) is 0 Å². The summed E-state index contributed by atoms with van der Waals surface area (Å²) in [6.45, 7) is 4.44. The van der Waals surface area contributed by atoms with Gasteiger partial charge in [-0.15, -0.1) is 0 Å². The number of cyclic esters (lactones) is 1. The number of H-pyrrole nitrogens is 1. The Morgan fingerprint density at radius 1 is 1.54 bits per heavy atom. The Morgan fingerprint density at radius 3 is 2.77 bits per heavy atom. The van der Waals surface area contributed by atoms with E-state index in [4.69, 9.17) is 4.74 Å². The van der Waals surface area contributed by atoms with Crippen LogP contribution in [-0.2, 0) is 4.74 Å². The zero-order valence-electron chi connectivity index (χ0n) is 7.68. The molecule has 2 N–H and O–H groups in total. The molecule has 1 aromatic heterocycles. The van der Waals surface area contributed by atoms with Crippen molar-refractivity contribution < 1.29 is 9.53 Å². The van der Waals surface area contributed by atoms with Crippen molar-refractivity contribution in [3.63, 3.8) is 0 Å². The first-order chi connectivity index (χ1) is 6.18. The fraction of sp³-hybridized carbons (Fsp3) is 0.444. The van der Waals surface area contributed by atoms with E-state index in [0.717, 1.165) is 16.8 Å². The number of nitrogens with one attached hydrogen (secondary N) is 2. The van der Waals surface area contributed by atoms with Crippen molar-refractivity contribution in [1.82, 2.24) is 10.3 Å². The number of carbonyl (C=O) groups is 1. The number of amides is 1. The maximum absolute atomic E-state index is 10.8. The fourth-order valence-electron chi connectivity index (χ4n) is 1.74. The maximum atomic E-state index is 10.8. The molecule has 0 radical (unpaired) electrons. The van der Waals surface area contributed by atoms with Gasteiger partial charge in [0.15, 0.2) is 0 Å². The Bertz CT molecular complexity index is 324. The minimum absolute atomic E-state index is 0.0127. The molecule has 0 spiro atoms. The van der Waals surface area contributed by atoms with Crippen molar-refractivity contribution >= 4 is 6.09 Å². The highest BCUT2D eigenvalue weighted by Gasteiger charge is 2.26. The Hall–Kier alpha value is -1.45. The van der Waals surface area contributed by atoms with Crippen LogP contribution in [0.4, 0.5) is 4.79 Å². The van der Waals surface area contributed by atoms with Crippen LogP contribution in [0.15, 0.2) is 6.20 Å². The van der Waals surface area contributed by atoms with Gasteiger partial charge in [0, 0.05) is 17.5 Å². The van der Waals surface area contributed by atoms with Crippen LogP contribution in [-0.4, -0.2) is 17.7 Å². The van der Waals surface area contributed by atoms with E-state index in [2.05, 4.69) is 10.3 Å². The Labute approximate surface area is 76.3 Å². The molecule has 1 aliphatic heterocycles. The number of carbonyl (C=O) groups excluding carboxylic acids is 1. The first-order valence-electron chi connectivity index (χ1n) is 4.26. The van der Waals surface area contributed by atoms with E-state index in [9.17, 15) is 4.79 Å². The summed E-state index contributed by atoms with van der Waals surface area (Å²) >= 11 is 0. The molecule has 1 atom stereocenters.